The zero-order valence-electron chi connectivity index (χ0n) is 22.0. The van der Waals surface area contributed by atoms with Crippen LogP contribution in [-0.4, -0.2) is 86.3 Å². The van der Waals surface area contributed by atoms with Crippen LogP contribution < -0.4 is 19.7 Å². The first-order valence-electron chi connectivity index (χ1n) is 12.9. The van der Waals surface area contributed by atoms with Crippen molar-refractivity contribution in [1.82, 2.24) is 19.8 Å². The lowest BCUT2D eigenvalue weighted by Gasteiger charge is -2.34. The van der Waals surface area contributed by atoms with E-state index in [1.165, 1.54) is 11.1 Å². The molecule has 0 unspecified atom stereocenters. The van der Waals surface area contributed by atoms with Crippen LogP contribution in [-0.2, 0) is 6.54 Å². The van der Waals surface area contributed by atoms with E-state index < -0.39 is 0 Å². The fraction of sp³-hybridized carbons (Fsp3) is 0.500. The predicted octanol–water partition coefficient (Wildman–Crippen LogP) is 3.78. The van der Waals surface area contributed by atoms with Crippen molar-refractivity contribution in [3.63, 3.8) is 0 Å². The number of piperazine rings is 1. The van der Waals surface area contributed by atoms with Gasteiger partial charge in [0, 0.05) is 63.3 Å². The van der Waals surface area contributed by atoms with E-state index in [2.05, 4.69) is 58.3 Å². The number of rotatable bonds is 7. The zero-order valence-corrected chi connectivity index (χ0v) is 22.0. The number of likely N-dealkylation sites (N-methyl/N-ethyl adjacent to an activating group) is 1. The van der Waals surface area contributed by atoms with E-state index in [0.717, 1.165) is 81.3 Å². The fourth-order valence-corrected chi connectivity index (χ4v) is 5.16. The Balaban J connectivity index is 1.37. The molecule has 8 nitrogen and oxygen atoms in total. The van der Waals surface area contributed by atoms with Gasteiger partial charge in [-0.2, -0.15) is 4.98 Å². The van der Waals surface area contributed by atoms with Crippen LogP contribution in [0.15, 0.2) is 36.4 Å². The molecule has 0 amide bonds. The molecule has 8 heteroatoms. The van der Waals surface area contributed by atoms with Crippen molar-refractivity contribution in [2.75, 3.05) is 70.8 Å². The van der Waals surface area contributed by atoms with Gasteiger partial charge < -0.3 is 24.6 Å². The normalized spacial score (nSPS) is 17.9. The van der Waals surface area contributed by atoms with Crippen LogP contribution in [0.2, 0.25) is 0 Å². The molecule has 2 aliphatic heterocycles. The van der Waals surface area contributed by atoms with Crippen LogP contribution in [0.4, 0.5) is 11.8 Å². The second-order valence-corrected chi connectivity index (χ2v) is 10.0. The highest BCUT2D eigenvalue weighted by atomic mass is 16.5. The summed E-state index contributed by atoms with van der Waals surface area (Å²) in [6, 6.07) is 13.0. The number of aryl methyl sites for hydroxylation is 1. The van der Waals surface area contributed by atoms with Gasteiger partial charge >= 0.3 is 0 Å². The molecule has 0 bridgehead atoms. The maximum absolute atomic E-state index is 5.60. The third kappa shape index (κ3) is 5.34. The molecule has 3 heterocycles. The average molecular weight is 491 g/mol. The Kier molecular flexibility index (Phi) is 7.43. The molecule has 36 heavy (non-hydrogen) atoms. The van der Waals surface area contributed by atoms with Crippen LogP contribution in [0.25, 0.3) is 10.9 Å². The van der Waals surface area contributed by atoms with Crippen LogP contribution >= 0.6 is 0 Å². The number of aromatic nitrogens is 2. The monoisotopic (exact) mass is 490 g/mol. The van der Waals surface area contributed by atoms with Crippen LogP contribution in [0.1, 0.15) is 24.0 Å². The standard InChI is InChI=1S/C28H38N6O2/c1-20-7-5-6-8-21(20)19-33-11-9-22(10-12-33)29-27-23-17-25(35-3)26(36-4)18-24(23)30-28(31-27)34-15-13-32(2)14-16-34/h5-8,17-18,22H,9-16,19H2,1-4H3,(H,29,30,31). The average Bonchev–Trinajstić information content (AvgIpc) is 2.90. The van der Waals surface area contributed by atoms with Gasteiger partial charge in [0.2, 0.25) is 5.95 Å². The molecule has 3 aromatic rings. The molecule has 192 valence electrons. The molecule has 0 aliphatic carbocycles. The Morgan fingerprint density at radius 3 is 2.31 bits per heavy atom. The molecular formula is C28H38N6O2. The van der Waals surface area contributed by atoms with E-state index in [1.54, 1.807) is 14.2 Å². The van der Waals surface area contributed by atoms with Gasteiger partial charge in [0.05, 0.1) is 19.7 Å². The summed E-state index contributed by atoms with van der Waals surface area (Å²) in [7, 11) is 5.49. The third-order valence-corrected chi connectivity index (χ3v) is 7.56. The third-order valence-electron chi connectivity index (χ3n) is 7.56. The van der Waals surface area contributed by atoms with Crippen molar-refractivity contribution in [3.8, 4) is 11.5 Å². The topological polar surface area (TPSA) is 66.0 Å². The molecule has 2 aromatic carbocycles. The van der Waals surface area contributed by atoms with Crippen molar-refractivity contribution >= 4 is 22.7 Å². The number of benzene rings is 2. The summed E-state index contributed by atoms with van der Waals surface area (Å²) in [6.07, 6.45) is 2.16. The number of ether oxygens (including phenoxy) is 2. The van der Waals surface area contributed by atoms with Gasteiger partial charge in [-0.05, 0) is 44.0 Å². The molecule has 0 atom stereocenters. The quantitative estimate of drug-likeness (QED) is 0.537. The van der Waals surface area contributed by atoms with Crippen molar-refractivity contribution in [1.29, 1.82) is 0 Å². The molecule has 1 N–H and O–H groups in total. The summed E-state index contributed by atoms with van der Waals surface area (Å²) in [4.78, 5) is 17.2. The molecular weight excluding hydrogens is 452 g/mol. The Labute approximate surface area is 214 Å². The lowest BCUT2D eigenvalue weighted by molar-refractivity contribution is 0.211. The first-order valence-corrected chi connectivity index (χ1v) is 12.9. The number of anilines is 2. The summed E-state index contributed by atoms with van der Waals surface area (Å²) in [5, 5.41) is 4.75. The summed E-state index contributed by atoms with van der Waals surface area (Å²) in [6.45, 7) is 9.21. The van der Waals surface area contributed by atoms with Gasteiger partial charge in [-0.1, -0.05) is 24.3 Å². The first kappa shape index (κ1) is 24.6. The highest BCUT2D eigenvalue weighted by Gasteiger charge is 2.24. The maximum atomic E-state index is 5.60. The summed E-state index contributed by atoms with van der Waals surface area (Å²) in [5.41, 5.74) is 3.66. The van der Waals surface area contributed by atoms with Crippen LogP contribution in [0.5, 0.6) is 11.5 Å². The number of hydrogen-bond acceptors (Lipinski definition) is 8. The maximum Gasteiger partial charge on any atom is 0.227 e. The Bertz CT molecular complexity index is 1190. The highest BCUT2D eigenvalue weighted by Crippen LogP contribution is 2.35. The Morgan fingerprint density at radius 2 is 1.61 bits per heavy atom. The molecule has 0 radical (unpaired) electrons. The number of fused-ring (bicyclic) bond motifs is 1. The molecule has 5 rings (SSSR count). The second-order valence-electron chi connectivity index (χ2n) is 10.0. The van der Waals surface area contributed by atoms with Gasteiger partial charge in [0.15, 0.2) is 11.5 Å². The van der Waals surface area contributed by atoms with Gasteiger partial charge in [-0.15, -0.1) is 0 Å². The number of nitrogens with one attached hydrogen (secondary N) is 1. The van der Waals surface area contributed by atoms with E-state index in [4.69, 9.17) is 19.4 Å². The Morgan fingerprint density at radius 1 is 0.917 bits per heavy atom. The van der Waals surface area contributed by atoms with Gasteiger partial charge in [-0.3, -0.25) is 4.90 Å². The minimum Gasteiger partial charge on any atom is -0.493 e. The lowest BCUT2D eigenvalue weighted by atomic mass is 10.0. The molecule has 1 aromatic heterocycles. The number of likely N-dealkylation sites (tertiary alicyclic amines) is 1. The van der Waals surface area contributed by atoms with Crippen molar-refractivity contribution in [2.24, 2.45) is 0 Å². The zero-order chi connectivity index (χ0) is 25.1. The summed E-state index contributed by atoms with van der Waals surface area (Å²) >= 11 is 0. The lowest BCUT2D eigenvalue weighted by Crippen LogP contribution is -2.45. The Hall–Kier alpha value is -3.10. The number of hydrogen-bond donors (Lipinski definition) is 1. The van der Waals surface area contributed by atoms with Crippen LogP contribution in [0.3, 0.4) is 0 Å². The molecule has 2 aliphatic rings. The SMILES string of the molecule is COc1cc2nc(N3CCN(C)CC3)nc(NC3CCN(Cc4ccccc4C)CC3)c2cc1OC. The van der Waals surface area contributed by atoms with E-state index in [-0.39, 0.29) is 0 Å². The minimum atomic E-state index is 0.365. The summed E-state index contributed by atoms with van der Waals surface area (Å²) in [5.74, 6) is 3.04. The molecule has 0 saturated carbocycles. The van der Waals surface area contributed by atoms with Gasteiger partial charge in [0.25, 0.3) is 0 Å². The van der Waals surface area contributed by atoms with Crippen molar-refractivity contribution < 1.29 is 9.47 Å². The minimum absolute atomic E-state index is 0.365. The first-order chi connectivity index (χ1) is 17.5. The van der Waals surface area contributed by atoms with E-state index in [1.807, 2.05) is 12.1 Å². The van der Waals surface area contributed by atoms with E-state index >= 15 is 0 Å². The highest BCUT2D eigenvalue weighted by molar-refractivity contribution is 5.93. The predicted molar refractivity (Wildman–Crippen MR) is 145 cm³/mol. The summed E-state index contributed by atoms with van der Waals surface area (Å²) < 4.78 is 11.2. The second kappa shape index (κ2) is 10.9. The molecule has 0 spiro atoms. The molecule has 2 saturated heterocycles. The van der Waals surface area contributed by atoms with Crippen LogP contribution in [0, 0.1) is 6.92 Å². The number of piperidine rings is 1. The largest absolute Gasteiger partial charge is 0.493 e. The molecule has 2 fully saturated rings. The van der Waals surface area contributed by atoms with E-state index in [9.17, 15) is 0 Å². The number of nitrogens with zero attached hydrogens (tertiary/aromatic N) is 5. The van der Waals surface area contributed by atoms with Gasteiger partial charge in [-0.25, -0.2) is 4.98 Å². The van der Waals surface area contributed by atoms with Crippen molar-refractivity contribution in [3.05, 3.63) is 47.5 Å². The fourth-order valence-electron chi connectivity index (χ4n) is 5.16. The van der Waals surface area contributed by atoms with Crippen molar-refractivity contribution in [2.45, 2.75) is 32.4 Å². The van der Waals surface area contributed by atoms with Gasteiger partial charge in [0.1, 0.15) is 5.82 Å². The van der Waals surface area contributed by atoms with E-state index in [0.29, 0.717) is 17.5 Å². The smallest absolute Gasteiger partial charge is 0.227 e. The number of methoxy groups -OCH3 is 2.